The minimum atomic E-state index is -0.931. The molecule has 0 bridgehead atoms. The van der Waals surface area contributed by atoms with Crippen molar-refractivity contribution in [3.63, 3.8) is 0 Å². The topological polar surface area (TPSA) is 117 Å². The summed E-state index contributed by atoms with van der Waals surface area (Å²) in [6.45, 7) is 1.03. The molecule has 1 heterocycles. The monoisotopic (exact) mass is 481 g/mol. The summed E-state index contributed by atoms with van der Waals surface area (Å²) in [6.07, 6.45) is 8.63. The molecule has 9 nitrogen and oxygen atoms in total. The summed E-state index contributed by atoms with van der Waals surface area (Å²) in [4.78, 5) is 42.4. The Balaban J connectivity index is 1.24. The molecule has 2 fully saturated rings. The van der Waals surface area contributed by atoms with Gasteiger partial charge in [-0.2, -0.15) is 4.98 Å². The highest BCUT2D eigenvalue weighted by molar-refractivity contribution is 6.03. The Hall–Kier alpha value is -3.20. The molecule has 2 aromatic rings. The van der Waals surface area contributed by atoms with Crippen molar-refractivity contribution in [2.75, 3.05) is 18.9 Å². The predicted molar refractivity (Wildman–Crippen MR) is 134 cm³/mol. The summed E-state index contributed by atoms with van der Waals surface area (Å²) in [6, 6.07) is 11.3. The zero-order valence-corrected chi connectivity index (χ0v) is 20.2. The lowest BCUT2D eigenvalue weighted by Gasteiger charge is -2.38. The highest BCUT2D eigenvalue weighted by atomic mass is 16.4. The average molecular weight is 482 g/mol. The summed E-state index contributed by atoms with van der Waals surface area (Å²) in [5, 5.41) is 14.2. The van der Waals surface area contributed by atoms with Gasteiger partial charge in [0.1, 0.15) is 5.82 Å². The number of carbonyl (C=O) groups excluding carboxylic acids is 1. The predicted octanol–water partition coefficient (Wildman–Crippen LogP) is 3.74. The zero-order valence-electron chi connectivity index (χ0n) is 20.2. The molecule has 9 heteroatoms. The highest BCUT2D eigenvalue weighted by Gasteiger charge is 2.28. The lowest BCUT2D eigenvalue weighted by Crippen LogP contribution is -2.44. The maximum atomic E-state index is 12.7. The molecule has 0 saturated heterocycles. The van der Waals surface area contributed by atoms with Crippen LogP contribution < -0.4 is 16.3 Å². The average Bonchev–Trinajstić information content (AvgIpc) is 2.85. The van der Waals surface area contributed by atoms with Gasteiger partial charge in [0.25, 0.3) is 5.91 Å². The van der Waals surface area contributed by atoms with E-state index in [1.165, 1.54) is 0 Å². The highest BCUT2D eigenvalue weighted by Crippen LogP contribution is 2.33. The number of hydrogen-bond donors (Lipinski definition) is 3. The fraction of sp³-hybridized carbons (Fsp3) is 0.538. The lowest BCUT2D eigenvalue weighted by molar-refractivity contribution is 0.102. The molecular formula is C26H35N5O4. The molecule has 1 aromatic heterocycles. The van der Waals surface area contributed by atoms with Gasteiger partial charge in [0, 0.05) is 36.4 Å². The van der Waals surface area contributed by atoms with Crippen molar-refractivity contribution in [3.8, 4) is 0 Å². The van der Waals surface area contributed by atoms with Crippen LogP contribution in [-0.2, 0) is 0 Å². The van der Waals surface area contributed by atoms with E-state index in [-0.39, 0.29) is 29.5 Å². The van der Waals surface area contributed by atoms with Gasteiger partial charge in [0.05, 0.1) is 0 Å². The van der Waals surface area contributed by atoms with Crippen molar-refractivity contribution >= 4 is 17.8 Å². The number of amides is 2. The standard InChI is InChI=1S/C26H35N5O4/c1-30(21-13-9-20(10-14-21)27-26(34)35)17-18-7-11-22(12-8-18)31-16-15-23(29-25(31)33)28-24(32)19-5-3-2-4-6-19/h2-6,15-16,18,20-22,27H,7-14,17H2,1H3,(H,34,35)(H,28,29,32,33)/t18-,20-,21-,22-. The summed E-state index contributed by atoms with van der Waals surface area (Å²) in [5.41, 5.74) is 0.190. The fourth-order valence-electron chi connectivity index (χ4n) is 5.54. The molecule has 0 aliphatic heterocycles. The molecule has 188 valence electrons. The number of anilines is 1. The Kier molecular flexibility index (Phi) is 8.17. The van der Waals surface area contributed by atoms with Gasteiger partial charge < -0.3 is 20.6 Å². The minimum Gasteiger partial charge on any atom is -0.465 e. The Bertz CT molecular complexity index is 1060. The summed E-state index contributed by atoms with van der Waals surface area (Å²) < 4.78 is 1.70. The Morgan fingerprint density at radius 2 is 1.71 bits per heavy atom. The third kappa shape index (κ3) is 6.69. The molecular weight excluding hydrogens is 446 g/mol. The maximum Gasteiger partial charge on any atom is 0.404 e. The van der Waals surface area contributed by atoms with Crippen LogP contribution in [0.15, 0.2) is 47.4 Å². The fourth-order valence-corrected chi connectivity index (χ4v) is 5.54. The Morgan fingerprint density at radius 1 is 1.03 bits per heavy atom. The summed E-state index contributed by atoms with van der Waals surface area (Å²) in [7, 11) is 2.18. The third-order valence-corrected chi connectivity index (χ3v) is 7.51. The molecule has 2 saturated carbocycles. The molecule has 2 amide bonds. The van der Waals surface area contributed by atoms with Gasteiger partial charge in [0.15, 0.2) is 0 Å². The van der Waals surface area contributed by atoms with Crippen LogP contribution in [0.3, 0.4) is 0 Å². The normalized spacial score (nSPS) is 24.6. The second-order valence-electron chi connectivity index (χ2n) is 9.89. The number of nitrogens with one attached hydrogen (secondary N) is 2. The molecule has 2 aliphatic carbocycles. The second kappa shape index (κ2) is 11.5. The van der Waals surface area contributed by atoms with Crippen LogP contribution in [0.1, 0.15) is 67.8 Å². The molecule has 0 radical (unpaired) electrons. The van der Waals surface area contributed by atoms with E-state index < -0.39 is 6.09 Å². The van der Waals surface area contributed by atoms with E-state index in [9.17, 15) is 14.4 Å². The van der Waals surface area contributed by atoms with Crippen molar-refractivity contribution in [1.29, 1.82) is 0 Å². The van der Waals surface area contributed by atoms with Gasteiger partial charge in [-0.15, -0.1) is 0 Å². The molecule has 1 aromatic carbocycles. The van der Waals surface area contributed by atoms with Gasteiger partial charge in [-0.3, -0.25) is 9.36 Å². The molecule has 3 N–H and O–H groups in total. The molecule has 2 aliphatic rings. The van der Waals surface area contributed by atoms with Gasteiger partial charge in [-0.1, -0.05) is 18.2 Å². The summed E-state index contributed by atoms with van der Waals surface area (Å²) >= 11 is 0. The molecule has 35 heavy (non-hydrogen) atoms. The smallest absolute Gasteiger partial charge is 0.404 e. The van der Waals surface area contributed by atoms with Crippen LogP contribution in [0.5, 0.6) is 0 Å². The minimum absolute atomic E-state index is 0.0811. The van der Waals surface area contributed by atoms with Crippen LogP contribution in [-0.4, -0.2) is 57.2 Å². The molecule has 0 atom stereocenters. The van der Waals surface area contributed by atoms with Crippen LogP contribution in [0, 0.1) is 5.92 Å². The number of nitrogens with zero attached hydrogens (tertiary/aromatic N) is 3. The number of carbonyl (C=O) groups is 2. The molecule has 0 unspecified atom stereocenters. The van der Waals surface area contributed by atoms with Crippen molar-refractivity contribution < 1.29 is 14.7 Å². The first-order valence-corrected chi connectivity index (χ1v) is 12.5. The summed E-state index contributed by atoms with van der Waals surface area (Å²) in [5.74, 6) is 0.578. The van der Waals surface area contributed by atoms with E-state index in [2.05, 4.69) is 27.6 Å². The van der Waals surface area contributed by atoms with Gasteiger partial charge in [-0.25, -0.2) is 9.59 Å². The SMILES string of the molecule is CN(C[C@H]1CC[C@H](n2ccc(NC(=O)c3ccccc3)nc2=O)CC1)[C@H]1CC[C@H](NC(=O)O)CC1. The van der Waals surface area contributed by atoms with Crippen LogP contribution in [0.2, 0.25) is 0 Å². The van der Waals surface area contributed by atoms with Crippen LogP contribution >= 0.6 is 0 Å². The van der Waals surface area contributed by atoms with E-state index in [0.717, 1.165) is 57.9 Å². The number of aromatic nitrogens is 2. The van der Waals surface area contributed by atoms with Gasteiger partial charge in [0.2, 0.25) is 0 Å². The van der Waals surface area contributed by atoms with Gasteiger partial charge in [-0.05, 0) is 82.5 Å². The van der Waals surface area contributed by atoms with E-state index in [0.29, 0.717) is 17.5 Å². The van der Waals surface area contributed by atoms with E-state index >= 15 is 0 Å². The van der Waals surface area contributed by atoms with Crippen molar-refractivity contribution in [3.05, 3.63) is 58.6 Å². The number of hydrogen-bond acceptors (Lipinski definition) is 5. The van der Waals surface area contributed by atoms with E-state index in [4.69, 9.17) is 5.11 Å². The Morgan fingerprint density at radius 3 is 2.34 bits per heavy atom. The van der Waals surface area contributed by atoms with Crippen molar-refractivity contribution in [2.24, 2.45) is 5.92 Å². The number of benzene rings is 1. The van der Waals surface area contributed by atoms with Crippen molar-refractivity contribution in [1.82, 2.24) is 19.8 Å². The van der Waals surface area contributed by atoms with Crippen LogP contribution in [0.25, 0.3) is 0 Å². The first kappa shape index (κ1) is 24.9. The Labute approximate surface area is 205 Å². The quantitative estimate of drug-likeness (QED) is 0.555. The maximum absolute atomic E-state index is 12.7. The third-order valence-electron chi connectivity index (χ3n) is 7.51. The van der Waals surface area contributed by atoms with Crippen LogP contribution in [0.4, 0.5) is 10.6 Å². The van der Waals surface area contributed by atoms with Crippen molar-refractivity contribution in [2.45, 2.75) is 69.5 Å². The molecule has 4 rings (SSSR count). The largest absolute Gasteiger partial charge is 0.465 e. The van der Waals surface area contributed by atoms with E-state index in [1.807, 2.05) is 6.07 Å². The first-order chi connectivity index (χ1) is 16.9. The lowest BCUT2D eigenvalue weighted by atomic mass is 9.84. The van der Waals surface area contributed by atoms with E-state index in [1.54, 1.807) is 41.1 Å². The second-order valence-corrected chi connectivity index (χ2v) is 9.89. The van der Waals surface area contributed by atoms with Gasteiger partial charge >= 0.3 is 11.8 Å². The number of rotatable bonds is 7. The zero-order chi connectivity index (χ0) is 24.8. The number of carboxylic acid groups (broad SMARTS) is 1. The molecule has 0 spiro atoms. The first-order valence-electron chi connectivity index (χ1n) is 12.5.